The molecule has 148 valence electrons. The molecule has 2 heterocycles. The van der Waals surface area contributed by atoms with Crippen molar-refractivity contribution in [1.29, 1.82) is 0 Å². The summed E-state index contributed by atoms with van der Waals surface area (Å²) >= 11 is 3.40. The van der Waals surface area contributed by atoms with Crippen molar-refractivity contribution in [1.82, 2.24) is 0 Å². The van der Waals surface area contributed by atoms with E-state index in [-0.39, 0.29) is 24.1 Å². The van der Waals surface area contributed by atoms with Gasteiger partial charge in [0, 0.05) is 10.5 Å². The van der Waals surface area contributed by atoms with E-state index in [0.29, 0.717) is 28.4 Å². The van der Waals surface area contributed by atoms with Gasteiger partial charge in [-0.05, 0) is 54.1 Å². The van der Waals surface area contributed by atoms with Crippen molar-refractivity contribution in [2.75, 3.05) is 6.79 Å². The normalized spacial score (nSPS) is 15.1. The van der Waals surface area contributed by atoms with Crippen LogP contribution in [0, 0.1) is 0 Å². The van der Waals surface area contributed by atoms with Gasteiger partial charge in [-0.1, -0.05) is 28.1 Å². The van der Waals surface area contributed by atoms with Crippen LogP contribution >= 0.6 is 15.9 Å². The third-order valence-corrected chi connectivity index (χ3v) is 5.10. The van der Waals surface area contributed by atoms with Crippen LogP contribution in [-0.2, 0) is 0 Å². The molecule has 3 aromatic carbocycles. The Balaban J connectivity index is 1.36. The summed E-state index contributed by atoms with van der Waals surface area (Å²) in [5, 5.41) is 0. The summed E-state index contributed by atoms with van der Waals surface area (Å²) in [4.78, 5) is 25.1. The minimum Gasteiger partial charge on any atom is -0.454 e. The Kier molecular flexibility index (Phi) is 4.52. The fraction of sp³-hybridized carbons (Fsp3) is 0.0435. The molecule has 0 radical (unpaired) electrons. The van der Waals surface area contributed by atoms with Gasteiger partial charge < -0.3 is 18.9 Å². The lowest BCUT2D eigenvalue weighted by Gasteiger charge is -2.06. The van der Waals surface area contributed by atoms with Gasteiger partial charge >= 0.3 is 5.97 Å². The van der Waals surface area contributed by atoms with Crippen LogP contribution in [0.1, 0.15) is 26.3 Å². The summed E-state index contributed by atoms with van der Waals surface area (Å²) in [7, 11) is 0. The minimum atomic E-state index is -0.553. The Morgan fingerprint density at radius 3 is 2.70 bits per heavy atom. The second kappa shape index (κ2) is 7.35. The second-order valence-electron chi connectivity index (χ2n) is 6.61. The lowest BCUT2D eigenvalue weighted by molar-refractivity contribution is 0.0734. The Morgan fingerprint density at radius 1 is 0.967 bits per heavy atom. The largest absolute Gasteiger partial charge is 0.454 e. The molecule has 5 rings (SSSR count). The van der Waals surface area contributed by atoms with E-state index in [9.17, 15) is 9.59 Å². The molecule has 0 atom stereocenters. The molecule has 0 N–H and O–H groups in total. The van der Waals surface area contributed by atoms with Gasteiger partial charge in [-0.2, -0.15) is 0 Å². The zero-order chi connectivity index (χ0) is 20.7. The molecule has 6 nitrogen and oxygen atoms in total. The maximum absolute atomic E-state index is 12.6. The summed E-state index contributed by atoms with van der Waals surface area (Å²) in [6, 6.07) is 17.0. The highest BCUT2D eigenvalue weighted by atomic mass is 79.9. The molecule has 7 heteroatoms. The zero-order valence-corrected chi connectivity index (χ0v) is 17.0. The Morgan fingerprint density at radius 2 is 1.83 bits per heavy atom. The van der Waals surface area contributed by atoms with Crippen LogP contribution in [0.4, 0.5) is 0 Å². The molecule has 30 heavy (non-hydrogen) atoms. The van der Waals surface area contributed by atoms with E-state index in [1.54, 1.807) is 36.4 Å². The van der Waals surface area contributed by atoms with E-state index in [4.69, 9.17) is 18.9 Å². The maximum Gasteiger partial charge on any atom is 0.343 e. The van der Waals surface area contributed by atoms with Gasteiger partial charge in [-0.25, -0.2) is 4.79 Å². The Labute approximate surface area is 179 Å². The number of carbonyl (C=O) groups is 2. The fourth-order valence-electron chi connectivity index (χ4n) is 3.17. The number of hydrogen-bond donors (Lipinski definition) is 0. The van der Waals surface area contributed by atoms with E-state index >= 15 is 0 Å². The predicted molar refractivity (Wildman–Crippen MR) is 111 cm³/mol. The fourth-order valence-corrected chi connectivity index (χ4v) is 3.58. The van der Waals surface area contributed by atoms with Crippen LogP contribution in [-0.4, -0.2) is 18.5 Å². The van der Waals surface area contributed by atoms with Crippen molar-refractivity contribution in [3.8, 4) is 23.0 Å². The van der Waals surface area contributed by atoms with E-state index < -0.39 is 5.97 Å². The summed E-state index contributed by atoms with van der Waals surface area (Å²) in [6.45, 7) is 0.125. The number of esters is 1. The molecule has 0 aromatic heterocycles. The van der Waals surface area contributed by atoms with Gasteiger partial charge in [-0.15, -0.1) is 0 Å². The van der Waals surface area contributed by atoms with Crippen molar-refractivity contribution in [2.24, 2.45) is 0 Å². The van der Waals surface area contributed by atoms with Crippen molar-refractivity contribution >= 4 is 33.8 Å². The van der Waals surface area contributed by atoms with Gasteiger partial charge in [0.25, 0.3) is 0 Å². The first-order valence-electron chi connectivity index (χ1n) is 9.02. The van der Waals surface area contributed by atoms with Gasteiger partial charge in [-0.3, -0.25) is 4.79 Å². The second-order valence-corrected chi connectivity index (χ2v) is 7.53. The average molecular weight is 465 g/mol. The molecular weight excluding hydrogens is 452 g/mol. The zero-order valence-electron chi connectivity index (χ0n) is 15.4. The monoisotopic (exact) mass is 464 g/mol. The van der Waals surface area contributed by atoms with E-state index in [1.165, 1.54) is 6.07 Å². The summed E-state index contributed by atoms with van der Waals surface area (Å²) in [5.74, 6) is 1.13. The summed E-state index contributed by atoms with van der Waals surface area (Å²) < 4.78 is 22.6. The van der Waals surface area contributed by atoms with Gasteiger partial charge in [0.05, 0.1) is 11.1 Å². The van der Waals surface area contributed by atoms with Gasteiger partial charge in [0.2, 0.25) is 12.6 Å². The summed E-state index contributed by atoms with van der Waals surface area (Å²) in [5.41, 5.74) is 1.57. The molecule has 0 unspecified atom stereocenters. The Bertz CT molecular complexity index is 1230. The number of rotatable bonds is 3. The third kappa shape index (κ3) is 3.44. The number of ketones is 1. The van der Waals surface area contributed by atoms with E-state index in [0.717, 1.165) is 10.0 Å². The van der Waals surface area contributed by atoms with Crippen LogP contribution in [0.25, 0.3) is 6.08 Å². The minimum absolute atomic E-state index is 0.125. The first kappa shape index (κ1) is 18.4. The lowest BCUT2D eigenvalue weighted by atomic mass is 10.1. The molecule has 0 amide bonds. The Hall–Kier alpha value is -3.58. The smallest absolute Gasteiger partial charge is 0.343 e. The van der Waals surface area contributed by atoms with Crippen LogP contribution in [0.2, 0.25) is 0 Å². The number of ether oxygens (including phenoxy) is 4. The molecule has 0 spiro atoms. The maximum atomic E-state index is 12.6. The molecular formula is C23H13BrO6. The highest BCUT2D eigenvalue weighted by Gasteiger charge is 2.28. The summed E-state index contributed by atoms with van der Waals surface area (Å²) in [6.07, 6.45) is 1.67. The number of carbonyl (C=O) groups excluding carboxylic acids is 2. The average Bonchev–Trinajstić information content (AvgIpc) is 3.32. The molecule has 0 saturated heterocycles. The number of fused-ring (bicyclic) bond motifs is 2. The first-order valence-corrected chi connectivity index (χ1v) is 9.82. The molecule has 2 aliphatic rings. The highest BCUT2D eigenvalue weighted by Crippen LogP contribution is 2.36. The highest BCUT2D eigenvalue weighted by molar-refractivity contribution is 9.10. The van der Waals surface area contributed by atoms with Crippen LogP contribution in [0.15, 0.2) is 70.9 Å². The van der Waals surface area contributed by atoms with Crippen LogP contribution in [0.3, 0.4) is 0 Å². The lowest BCUT2D eigenvalue weighted by Crippen LogP contribution is -2.08. The van der Waals surface area contributed by atoms with Crippen LogP contribution < -0.4 is 18.9 Å². The van der Waals surface area contributed by atoms with Crippen molar-refractivity contribution in [2.45, 2.75) is 0 Å². The number of benzene rings is 3. The molecule has 0 bridgehead atoms. The quantitative estimate of drug-likeness (QED) is 0.308. The van der Waals surface area contributed by atoms with E-state index in [2.05, 4.69) is 15.9 Å². The molecule has 2 aliphatic heterocycles. The van der Waals surface area contributed by atoms with E-state index in [1.807, 2.05) is 24.3 Å². The number of Topliss-reactive ketones (excluding diaryl/α,β-unsaturated/α-hetero) is 1. The van der Waals surface area contributed by atoms with Gasteiger partial charge in [0.15, 0.2) is 17.3 Å². The molecule has 3 aromatic rings. The predicted octanol–water partition coefficient (Wildman–Crippen LogP) is 5.01. The number of halogens is 1. The molecule has 0 saturated carbocycles. The standard InChI is InChI=1S/C23H13BrO6/c24-15-3-1-2-13(8-15)9-21-22(25)17-6-5-16(11-19(17)30-21)29-23(26)14-4-7-18-20(10-14)28-12-27-18/h1-11H,12H2/b21-9-. The topological polar surface area (TPSA) is 71.1 Å². The number of allylic oxidation sites excluding steroid dienone is 1. The van der Waals surface area contributed by atoms with Crippen molar-refractivity contribution < 1.29 is 28.5 Å². The first-order chi connectivity index (χ1) is 14.6. The molecule has 0 aliphatic carbocycles. The number of hydrogen-bond acceptors (Lipinski definition) is 6. The van der Waals surface area contributed by atoms with Crippen molar-refractivity contribution in [3.63, 3.8) is 0 Å². The van der Waals surface area contributed by atoms with Crippen LogP contribution in [0.5, 0.6) is 23.0 Å². The SMILES string of the molecule is O=C(Oc1ccc2c(c1)O/C(=C\c1cccc(Br)c1)C2=O)c1ccc2c(c1)OCO2. The van der Waals surface area contributed by atoms with Crippen molar-refractivity contribution in [3.05, 3.63) is 87.6 Å². The molecule has 0 fully saturated rings. The van der Waals surface area contributed by atoms with Gasteiger partial charge in [0.1, 0.15) is 11.5 Å². The third-order valence-electron chi connectivity index (χ3n) is 4.61.